The molecule has 0 radical (unpaired) electrons. The van der Waals surface area contributed by atoms with Crippen LogP contribution in [-0.2, 0) is 6.42 Å². The molecule has 104 valence electrons. The van der Waals surface area contributed by atoms with E-state index in [9.17, 15) is 0 Å². The fourth-order valence-electron chi connectivity index (χ4n) is 2.69. The van der Waals surface area contributed by atoms with Gasteiger partial charge in [-0.1, -0.05) is 48.5 Å². The largest absolute Gasteiger partial charge is 0.489 e. The van der Waals surface area contributed by atoms with Crippen molar-refractivity contribution in [3.8, 4) is 5.75 Å². The SMILES string of the molecule is C[C@@H](NC[C@H]1CC[14c]2[14cH][14cH][14cH][14cH][14c]2O1)c1ccccc1. The summed E-state index contributed by atoms with van der Waals surface area (Å²) in [6, 6.07) is 19.3. The average Bonchev–Trinajstić information content (AvgIpc) is 2.53. The van der Waals surface area contributed by atoms with Crippen LogP contribution in [0.5, 0.6) is 5.75 Å². The van der Waals surface area contributed by atoms with Gasteiger partial charge in [-0.25, -0.2) is 0 Å². The second-order valence-corrected chi connectivity index (χ2v) is 5.43. The molecule has 2 atom stereocenters. The van der Waals surface area contributed by atoms with Crippen molar-refractivity contribution in [3.63, 3.8) is 0 Å². The molecule has 1 N–H and O–H groups in total. The molecule has 0 fully saturated rings. The number of benzene rings is 2. The zero-order valence-corrected chi connectivity index (χ0v) is 11.9. The normalized spacial score (nSPS) is 18.9. The molecule has 1 aliphatic heterocycles. The second-order valence-electron chi connectivity index (χ2n) is 5.43. The Labute approximate surface area is 120 Å². The van der Waals surface area contributed by atoms with Gasteiger partial charge >= 0.3 is 0 Å². The summed E-state index contributed by atoms with van der Waals surface area (Å²) in [5.41, 5.74) is 2.66. The molecule has 0 bridgehead atoms. The Balaban J connectivity index is 1.55. The maximum Gasteiger partial charge on any atom is 0.122 e. The fraction of sp³-hybridized carbons (Fsp3) is 0.333. The van der Waals surface area contributed by atoms with Crippen LogP contribution >= 0.6 is 0 Å². The number of aryl methyl sites for hydroxylation is 1. The van der Waals surface area contributed by atoms with Crippen LogP contribution in [0.4, 0.5) is 0 Å². The molecule has 0 saturated carbocycles. The maximum absolute atomic E-state index is 6.06. The van der Waals surface area contributed by atoms with E-state index in [2.05, 4.69) is 60.8 Å². The molecule has 2 aromatic rings. The Kier molecular flexibility index (Phi) is 4.03. The van der Waals surface area contributed by atoms with E-state index in [1.165, 1.54) is 11.1 Å². The summed E-state index contributed by atoms with van der Waals surface area (Å²) in [7, 11) is 0. The molecule has 3 rings (SSSR count). The highest BCUT2D eigenvalue weighted by molar-refractivity contribution is 5.35. The van der Waals surface area contributed by atoms with Gasteiger partial charge in [0.1, 0.15) is 11.9 Å². The van der Waals surface area contributed by atoms with E-state index in [-0.39, 0.29) is 6.10 Å². The van der Waals surface area contributed by atoms with E-state index < -0.39 is 0 Å². The van der Waals surface area contributed by atoms with Gasteiger partial charge in [0.15, 0.2) is 0 Å². The summed E-state index contributed by atoms with van der Waals surface area (Å²) in [4.78, 5) is 0. The maximum atomic E-state index is 6.06. The predicted octanol–water partition coefficient (Wildman–Crippen LogP) is 3.73. The molecule has 0 aliphatic carbocycles. The second kappa shape index (κ2) is 6.10. The predicted molar refractivity (Wildman–Crippen MR) is 82.0 cm³/mol. The topological polar surface area (TPSA) is 21.3 Å². The van der Waals surface area contributed by atoms with Gasteiger partial charge < -0.3 is 10.1 Å². The van der Waals surface area contributed by atoms with Crippen molar-refractivity contribution in [2.45, 2.75) is 31.9 Å². The van der Waals surface area contributed by atoms with E-state index in [0.717, 1.165) is 25.1 Å². The standard InChI is InChI=1S/C18H21NO/c1-14(15-7-3-2-4-8-15)19-13-17-12-11-16-9-5-6-10-18(16)20-17/h2-10,14,17,19H,11-13H2,1H3/t14-,17-/m1/s1/i5+2,6+2,9+2,10+2,16+2,18+2. The van der Waals surface area contributed by atoms with Crippen molar-refractivity contribution < 1.29 is 4.74 Å². The third-order valence-electron chi connectivity index (χ3n) is 3.95. The fourth-order valence-corrected chi connectivity index (χ4v) is 2.69. The van der Waals surface area contributed by atoms with Crippen molar-refractivity contribution in [2.75, 3.05) is 6.54 Å². The van der Waals surface area contributed by atoms with Crippen molar-refractivity contribution in [3.05, 3.63) is 65.7 Å². The molecular formula is C18H21NO. The lowest BCUT2D eigenvalue weighted by molar-refractivity contribution is 0.167. The number of rotatable bonds is 4. The molecule has 20 heavy (non-hydrogen) atoms. The lowest BCUT2D eigenvalue weighted by Gasteiger charge is -2.27. The zero-order valence-electron chi connectivity index (χ0n) is 11.9. The van der Waals surface area contributed by atoms with Crippen LogP contribution in [0.2, 0.25) is 0 Å². The third kappa shape index (κ3) is 3.02. The van der Waals surface area contributed by atoms with Crippen LogP contribution in [0, 0.1) is 0 Å². The number of fused-ring (bicyclic) bond motifs is 1. The molecule has 0 amide bonds. The van der Waals surface area contributed by atoms with E-state index in [4.69, 9.17) is 4.74 Å². The quantitative estimate of drug-likeness (QED) is 0.920. The first kappa shape index (κ1) is 13.2. The lowest BCUT2D eigenvalue weighted by Crippen LogP contribution is -2.35. The minimum absolute atomic E-state index is 0.274. The number of hydrogen-bond donors (Lipinski definition) is 1. The summed E-state index contributed by atoms with van der Waals surface area (Å²) in [5.74, 6) is 1.05. The lowest BCUT2D eigenvalue weighted by atomic mass is 10.1. The first-order valence-corrected chi connectivity index (χ1v) is 7.36. The van der Waals surface area contributed by atoms with Gasteiger partial charge in [0.2, 0.25) is 0 Å². The first-order valence-electron chi connectivity index (χ1n) is 7.36. The van der Waals surface area contributed by atoms with Crippen molar-refractivity contribution >= 4 is 0 Å². The molecule has 2 heteroatoms. The van der Waals surface area contributed by atoms with Gasteiger partial charge in [-0.05, 0) is 37.0 Å². The Hall–Kier alpha value is -1.80. The summed E-state index contributed by atoms with van der Waals surface area (Å²) in [6.45, 7) is 3.09. The minimum Gasteiger partial charge on any atom is -0.489 e. The number of nitrogens with one attached hydrogen (secondary N) is 1. The number of ether oxygens (including phenoxy) is 1. The number of hydrogen-bond acceptors (Lipinski definition) is 2. The van der Waals surface area contributed by atoms with Crippen LogP contribution in [-0.4, -0.2) is 12.6 Å². The summed E-state index contributed by atoms with van der Waals surface area (Å²) in [6.07, 6.45) is 2.48. The van der Waals surface area contributed by atoms with E-state index in [0.29, 0.717) is 6.04 Å². The van der Waals surface area contributed by atoms with E-state index in [1.807, 2.05) is 6.07 Å². The van der Waals surface area contributed by atoms with Gasteiger partial charge in [0.05, 0.1) is 0 Å². The monoisotopic (exact) mass is 279 g/mol. The van der Waals surface area contributed by atoms with Crippen LogP contribution < -0.4 is 10.1 Å². The summed E-state index contributed by atoms with van der Waals surface area (Å²) < 4.78 is 6.06. The van der Waals surface area contributed by atoms with E-state index in [1.54, 1.807) is 0 Å². The Morgan fingerprint density at radius 3 is 2.95 bits per heavy atom. The van der Waals surface area contributed by atoms with Gasteiger partial charge in [0, 0.05) is 12.6 Å². The average molecular weight is 279 g/mol. The molecule has 1 heterocycles. The molecular weight excluding hydrogens is 258 g/mol. The van der Waals surface area contributed by atoms with Crippen LogP contribution in [0.1, 0.15) is 30.5 Å². The van der Waals surface area contributed by atoms with Crippen LogP contribution in [0.3, 0.4) is 0 Å². The van der Waals surface area contributed by atoms with Crippen molar-refractivity contribution in [2.24, 2.45) is 0 Å². The molecule has 1 aliphatic rings. The van der Waals surface area contributed by atoms with Crippen LogP contribution in [0.25, 0.3) is 0 Å². The number of para-hydroxylation sites is 1. The van der Waals surface area contributed by atoms with Crippen molar-refractivity contribution in [1.29, 1.82) is 0 Å². The van der Waals surface area contributed by atoms with Gasteiger partial charge in [-0.3, -0.25) is 0 Å². The zero-order chi connectivity index (χ0) is 13.8. The highest BCUT2D eigenvalue weighted by Crippen LogP contribution is 2.27. The third-order valence-corrected chi connectivity index (χ3v) is 3.95. The molecule has 0 saturated heterocycles. The minimum atomic E-state index is 0.274. The van der Waals surface area contributed by atoms with Gasteiger partial charge in [-0.2, -0.15) is 0 Å². The Morgan fingerprint density at radius 2 is 2.10 bits per heavy atom. The smallest absolute Gasteiger partial charge is 0.122 e. The van der Waals surface area contributed by atoms with Crippen LogP contribution in [0.15, 0.2) is 54.6 Å². The highest BCUT2D eigenvalue weighted by atomic mass is 16.7. The van der Waals surface area contributed by atoms with Gasteiger partial charge in [-0.15, -0.1) is 0 Å². The summed E-state index contributed by atoms with van der Waals surface area (Å²) >= 11 is 0. The highest BCUT2D eigenvalue weighted by Gasteiger charge is 2.19. The van der Waals surface area contributed by atoms with Gasteiger partial charge in [0.25, 0.3) is 0 Å². The molecule has 0 spiro atoms. The molecule has 2 aromatic carbocycles. The molecule has 0 unspecified atom stereocenters. The van der Waals surface area contributed by atoms with Crippen molar-refractivity contribution in [1.82, 2.24) is 5.32 Å². The molecule has 0 aromatic heterocycles. The first-order chi connectivity index (χ1) is 9.83. The summed E-state index contributed by atoms with van der Waals surface area (Å²) in [5, 5.41) is 3.57. The molecule has 2 nitrogen and oxygen atoms in total. The Bertz CT molecular complexity index is 552. The Morgan fingerprint density at radius 1 is 1.30 bits per heavy atom. The van der Waals surface area contributed by atoms with E-state index >= 15 is 0 Å².